The molecule has 0 bridgehead atoms. The van der Waals surface area contributed by atoms with Gasteiger partial charge in [-0.25, -0.2) is 4.98 Å². The van der Waals surface area contributed by atoms with Crippen LogP contribution in [-0.2, 0) is 4.74 Å². The highest BCUT2D eigenvalue weighted by Crippen LogP contribution is 2.27. The number of fused-ring (bicyclic) bond motifs is 1. The van der Waals surface area contributed by atoms with Gasteiger partial charge in [-0.05, 0) is 18.6 Å². The van der Waals surface area contributed by atoms with Crippen LogP contribution in [0, 0.1) is 0 Å². The Morgan fingerprint density at radius 2 is 2.26 bits per heavy atom. The molecule has 2 heterocycles. The van der Waals surface area contributed by atoms with Crippen LogP contribution in [0.15, 0.2) is 30.3 Å². The molecule has 6 heteroatoms. The van der Waals surface area contributed by atoms with E-state index in [1.165, 1.54) is 0 Å². The van der Waals surface area contributed by atoms with Crippen LogP contribution in [0.4, 0.5) is 0 Å². The monoisotopic (exact) mass is 315 g/mol. The van der Waals surface area contributed by atoms with Crippen molar-refractivity contribution in [1.29, 1.82) is 0 Å². The molecule has 0 spiro atoms. The maximum absolute atomic E-state index is 12.9. The Labute approximate surface area is 135 Å². The molecule has 1 atom stereocenters. The van der Waals surface area contributed by atoms with Crippen LogP contribution in [0.3, 0.4) is 0 Å². The molecule has 1 aliphatic heterocycles. The van der Waals surface area contributed by atoms with Crippen LogP contribution in [-0.4, -0.2) is 55.2 Å². The molecule has 6 nitrogen and oxygen atoms in total. The van der Waals surface area contributed by atoms with Gasteiger partial charge in [-0.2, -0.15) is 0 Å². The molecule has 2 N–H and O–H groups in total. The molecule has 1 aromatic carbocycles. The number of rotatable bonds is 4. The van der Waals surface area contributed by atoms with E-state index in [1.807, 2.05) is 24.3 Å². The highest BCUT2D eigenvalue weighted by molar-refractivity contribution is 5.96. The second-order valence-corrected chi connectivity index (χ2v) is 5.82. The van der Waals surface area contributed by atoms with Gasteiger partial charge < -0.3 is 20.1 Å². The van der Waals surface area contributed by atoms with Crippen LogP contribution in [0.5, 0.6) is 5.75 Å². The van der Waals surface area contributed by atoms with E-state index in [2.05, 4.69) is 4.98 Å². The third-order valence-electron chi connectivity index (χ3n) is 4.60. The molecular formula is C17H21N3O3. The highest BCUT2D eigenvalue weighted by atomic mass is 16.5. The predicted octanol–water partition coefficient (Wildman–Crippen LogP) is 1.43. The van der Waals surface area contributed by atoms with Crippen LogP contribution in [0.2, 0.25) is 0 Å². The lowest BCUT2D eigenvalue weighted by molar-refractivity contribution is 0.0521. The minimum absolute atomic E-state index is 0.159. The molecule has 0 aliphatic carbocycles. The van der Waals surface area contributed by atoms with E-state index >= 15 is 0 Å². The summed E-state index contributed by atoms with van der Waals surface area (Å²) in [7, 11) is 3.36. The first-order valence-corrected chi connectivity index (χ1v) is 7.61. The molecular weight excluding hydrogens is 294 g/mol. The normalized spacial score (nSPS) is 20.7. The van der Waals surface area contributed by atoms with Crippen molar-refractivity contribution in [3.05, 3.63) is 36.0 Å². The van der Waals surface area contributed by atoms with Gasteiger partial charge in [-0.15, -0.1) is 0 Å². The van der Waals surface area contributed by atoms with Crippen molar-refractivity contribution in [2.24, 2.45) is 5.73 Å². The van der Waals surface area contributed by atoms with Gasteiger partial charge >= 0.3 is 0 Å². The van der Waals surface area contributed by atoms with Gasteiger partial charge in [0.25, 0.3) is 5.91 Å². The second-order valence-electron chi connectivity index (χ2n) is 5.82. The number of ether oxygens (including phenoxy) is 2. The van der Waals surface area contributed by atoms with Crippen molar-refractivity contribution in [3.63, 3.8) is 0 Å². The number of aromatic nitrogens is 1. The molecule has 1 fully saturated rings. The molecule has 23 heavy (non-hydrogen) atoms. The van der Waals surface area contributed by atoms with Crippen LogP contribution in [0.1, 0.15) is 16.9 Å². The fraction of sp³-hybridized carbons (Fsp3) is 0.412. The Bertz CT molecular complexity index is 726. The van der Waals surface area contributed by atoms with Crippen molar-refractivity contribution in [2.45, 2.75) is 12.0 Å². The molecule has 1 aromatic heterocycles. The summed E-state index contributed by atoms with van der Waals surface area (Å²) in [4.78, 5) is 19.0. The average Bonchev–Trinajstić information content (AvgIpc) is 3.09. The van der Waals surface area contributed by atoms with E-state index in [9.17, 15) is 4.79 Å². The quantitative estimate of drug-likeness (QED) is 0.923. The summed E-state index contributed by atoms with van der Waals surface area (Å²) in [5.74, 6) is 0.492. The van der Waals surface area contributed by atoms with Gasteiger partial charge in [0.2, 0.25) is 0 Å². The number of benzene rings is 1. The van der Waals surface area contributed by atoms with Gasteiger partial charge in [0.05, 0.1) is 19.3 Å². The van der Waals surface area contributed by atoms with Crippen molar-refractivity contribution in [3.8, 4) is 5.75 Å². The smallest absolute Gasteiger partial charge is 0.272 e. The van der Waals surface area contributed by atoms with Gasteiger partial charge in [0.15, 0.2) is 0 Å². The number of hydrogen-bond acceptors (Lipinski definition) is 5. The highest BCUT2D eigenvalue weighted by Gasteiger charge is 2.40. The number of carbonyl (C=O) groups is 1. The maximum Gasteiger partial charge on any atom is 0.272 e. The number of amides is 1. The van der Waals surface area contributed by atoms with E-state index in [0.29, 0.717) is 36.7 Å². The summed E-state index contributed by atoms with van der Waals surface area (Å²) >= 11 is 0. The molecule has 1 saturated heterocycles. The van der Waals surface area contributed by atoms with E-state index in [1.54, 1.807) is 25.1 Å². The number of carbonyl (C=O) groups excluding carboxylic acids is 1. The average molecular weight is 315 g/mol. The Kier molecular flexibility index (Phi) is 4.19. The number of nitrogens with two attached hydrogens (primary N) is 1. The van der Waals surface area contributed by atoms with E-state index in [4.69, 9.17) is 15.2 Å². The molecule has 1 aliphatic rings. The summed E-state index contributed by atoms with van der Waals surface area (Å²) in [5.41, 5.74) is 6.52. The fourth-order valence-corrected chi connectivity index (χ4v) is 2.95. The fourth-order valence-electron chi connectivity index (χ4n) is 2.95. The Hall–Kier alpha value is -2.18. The predicted molar refractivity (Wildman–Crippen MR) is 87.6 cm³/mol. The Morgan fingerprint density at radius 3 is 2.91 bits per heavy atom. The Morgan fingerprint density at radius 1 is 1.43 bits per heavy atom. The summed E-state index contributed by atoms with van der Waals surface area (Å²) in [5, 5.41) is 0.932. The molecule has 1 unspecified atom stereocenters. The van der Waals surface area contributed by atoms with E-state index in [0.717, 1.165) is 11.8 Å². The maximum atomic E-state index is 12.9. The first-order valence-electron chi connectivity index (χ1n) is 7.61. The molecule has 0 saturated carbocycles. The number of pyridine rings is 1. The summed E-state index contributed by atoms with van der Waals surface area (Å²) < 4.78 is 10.8. The van der Waals surface area contributed by atoms with E-state index < -0.39 is 5.54 Å². The topological polar surface area (TPSA) is 77.7 Å². The number of para-hydroxylation sites is 1. The van der Waals surface area contributed by atoms with Crippen LogP contribution < -0.4 is 10.5 Å². The number of likely N-dealkylation sites (N-methyl/N-ethyl adjacent to an activating group) is 1. The Balaban J connectivity index is 1.97. The second kappa shape index (κ2) is 6.14. The van der Waals surface area contributed by atoms with Gasteiger partial charge in [-0.1, -0.05) is 18.2 Å². The standard InChI is InChI=1S/C17H21N3O3/c1-20(17(10-18)8-9-23-11-17)16(21)13-7-6-12-4-3-5-14(22-2)15(12)19-13/h3-7H,8-11,18H2,1-2H3. The van der Waals surface area contributed by atoms with Crippen LogP contribution >= 0.6 is 0 Å². The van der Waals surface area contributed by atoms with Gasteiger partial charge in [0.1, 0.15) is 17.0 Å². The van der Waals surface area contributed by atoms with Crippen molar-refractivity contribution >= 4 is 16.8 Å². The zero-order valence-electron chi connectivity index (χ0n) is 13.4. The summed E-state index contributed by atoms with van der Waals surface area (Å²) in [6, 6.07) is 9.29. The molecule has 122 valence electrons. The van der Waals surface area contributed by atoms with Crippen molar-refractivity contribution in [2.75, 3.05) is 33.9 Å². The zero-order valence-corrected chi connectivity index (χ0v) is 13.4. The molecule has 3 rings (SSSR count). The lowest BCUT2D eigenvalue weighted by Crippen LogP contribution is -2.55. The zero-order chi connectivity index (χ0) is 16.4. The minimum Gasteiger partial charge on any atom is -0.494 e. The third-order valence-corrected chi connectivity index (χ3v) is 4.60. The van der Waals surface area contributed by atoms with Gasteiger partial charge in [-0.3, -0.25) is 4.79 Å². The molecule has 0 radical (unpaired) electrons. The number of hydrogen-bond donors (Lipinski definition) is 1. The van der Waals surface area contributed by atoms with Crippen molar-refractivity contribution < 1.29 is 14.3 Å². The lowest BCUT2D eigenvalue weighted by atomic mass is 9.96. The minimum atomic E-state index is -0.450. The largest absolute Gasteiger partial charge is 0.494 e. The number of methoxy groups -OCH3 is 1. The van der Waals surface area contributed by atoms with E-state index in [-0.39, 0.29) is 5.91 Å². The first kappa shape index (κ1) is 15.7. The first-order chi connectivity index (χ1) is 11.1. The summed E-state index contributed by atoms with van der Waals surface area (Å²) in [6.07, 6.45) is 0.739. The lowest BCUT2D eigenvalue weighted by Gasteiger charge is -2.36. The summed E-state index contributed by atoms with van der Waals surface area (Å²) in [6.45, 7) is 1.45. The van der Waals surface area contributed by atoms with Crippen LogP contribution in [0.25, 0.3) is 10.9 Å². The third kappa shape index (κ3) is 2.64. The SMILES string of the molecule is COc1cccc2ccc(C(=O)N(C)C3(CN)CCOC3)nc12. The molecule has 1 amide bonds. The number of nitrogens with zero attached hydrogens (tertiary/aromatic N) is 2. The molecule has 2 aromatic rings. The van der Waals surface area contributed by atoms with Gasteiger partial charge in [0, 0.05) is 25.6 Å². The van der Waals surface area contributed by atoms with Crippen molar-refractivity contribution in [1.82, 2.24) is 9.88 Å².